The standard InChI is InChI=1S/C18H19N3O2/c1-11-5-6-13(9-12(11)2)17(22)19-14-7-8-15-16(10-14)21(4)18(23)20(15)3/h5-10H,1-4H3,(H,19,22). The fourth-order valence-electron chi connectivity index (χ4n) is 2.67. The number of hydrogen-bond acceptors (Lipinski definition) is 2. The van der Waals surface area contributed by atoms with Crippen LogP contribution >= 0.6 is 0 Å². The topological polar surface area (TPSA) is 56.0 Å². The van der Waals surface area contributed by atoms with Crippen LogP contribution in [0.4, 0.5) is 5.69 Å². The zero-order chi connectivity index (χ0) is 16.7. The predicted octanol–water partition coefficient (Wildman–Crippen LogP) is 2.75. The Morgan fingerprint density at radius 2 is 1.61 bits per heavy atom. The molecule has 23 heavy (non-hydrogen) atoms. The molecule has 3 aromatic rings. The van der Waals surface area contributed by atoms with Gasteiger partial charge in [-0.2, -0.15) is 0 Å². The van der Waals surface area contributed by atoms with Crippen molar-refractivity contribution in [3.8, 4) is 0 Å². The summed E-state index contributed by atoms with van der Waals surface area (Å²) in [7, 11) is 3.46. The van der Waals surface area contributed by atoms with Crippen molar-refractivity contribution in [3.05, 3.63) is 63.6 Å². The molecule has 5 heteroatoms. The number of imidazole rings is 1. The molecule has 0 fully saturated rings. The molecule has 1 N–H and O–H groups in total. The summed E-state index contributed by atoms with van der Waals surface area (Å²) in [5.74, 6) is -0.159. The molecule has 0 aliphatic carbocycles. The van der Waals surface area contributed by atoms with Gasteiger partial charge >= 0.3 is 5.69 Å². The average Bonchev–Trinajstić information content (AvgIpc) is 2.74. The van der Waals surface area contributed by atoms with E-state index in [1.165, 1.54) is 0 Å². The minimum atomic E-state index is -0.159. The van der Waals surface area contributed by atoms with Crippen LogP contribution in [0.1, 0.15) is 21.5 Å². The van der Waals surface area contributed by atoms with Crippen LogP contribution in [0.25, 0.3) is 11.0 Å². The van der Waals surface area contributed by atoms with Crippen molar-refractivity contribution in [2.24, 2.45) is 14.1 Å². The maximum absolute atomic E-state index is 12.4. The maximum atomic E-state index is 12.4. The monoisotopic (exact) mass is 309 g/mol. The Morgan fingerprint density at radius 1 is 0.913 bits per heavy atom. The number of anilines is 1. The number of rotatable bonds is 2. The van der Waals surface area contributed by atoms with Crippen LogP contribution in [0.15, 0.2) is 41.2 Å². The van der Waals surface area contributed by atoms with Crippen molar-refractivity contribution in [2.45, 2.75) is 13.8 Å². The number of fused-ring (bicyclic) bond motifs is 1. The number of nitrogens with zero attached hydrogens (tertiary/aromatic N) is 2. The Balaban J connectivity index is 1.95. The van der Waals surface area contributed by atoms with Gasteiger partial charge in [0.15, 0.2) is 0 Å². The number of benzene rings is 2. The first-order chi connectivity index (χ1) is 10.9. The van der Waals surface area contributed by atoms with Gasteiger partial charge in [-0.3, -0.25) is 13.9 Å². The molecule has 3 rings (SSSR count). The molecule has 0 unspecified atom stereocenters. The highest BCUT2D eigenvalue weighted by atomic mass is 16.2. The van der Waals surface area contributed by atoms with Gasteiger partial charge in [-0.15, -0.1) is 0 Å². The number of aromatic nitrogens is 2. The third-order valence-corrected chi connectivity index (χ3v) is 4.30. The van der Waals surface area contributed by atoms with Crippen molar-refractivity contribution < 1.29 is 4.79 Å². The molecule has 1 aromatic heterocycles. The lowest BCUT2D eigenvalue weighted by Gasteiger charge is -2.08. The SMILES string of the molecule is Cc1ccc(C(=O)Nc2ccc3c(c2)n(C)c(=O)n3C)cc1C. The Kier molecular flexibility index (Phi) is 3.56. The number of nitrogens with one attached hydrogen (secondary N) is 1. The quantitative estimate of drug-likeness (QED) is 0.791. The molecule has 0 aliphatic heterocycles. The molecule has 2 aromatic carbocycles. The van der Waals surface area contributed by atoms with E-state index in [0.717, 1.165) is 22.2 Å². The fraction of sp³-hybridized carbons (Fsp3) is 0.222. The van der Waals surface area contributed by atoms with Crippen LogP contribution in [0.5, 0.6) is 0 Å². The highest BCUT2D eigenvalue weighted by Crippen LogP contribution is 2.19. The van der Waals surface area contributed by atoms with E-state index in [4.69, 9.17) is 0 Å². The van der Waals surface area contributed by atoms with Crippen LogP contribution in [0.2, 0.25) is 0 Å². The van der Waals surface area contributed by atoms with Crippen LogP contribution < -0.4 is 11.0 Å². The van der Waals surface area contributed by atoms with Gasteiger partial charge in [-0.1, -0.05) is 6.07 Å². The van der Waals surface area contributed by atoms with Gasteiger partial charge in [-0.25, -0.2) is 4.79 Å². The molecule has 0 atom stereocenters. The van der Waals surface area contributed by atoms with Gasteiger partial charge in [0.05, 0.1) is 11.0 Å². The molecule has 1 amide bonds. The highest BCUT2D eigenvalue weighted by Gasteiger charge is 2.11. The second kappa shape index (κ2) is 5.43. The Hall–Kier alpha value is -2.82. The number of amides is 1. The number of carbonyl (C=O) groups is 1. The van der Waals surface area contributed by atoms with Crippen molar-refractivity contribution in [3.63, 3.8) is 0 Å². The van der Waals surface area contributed by atoms with Gasteiger partial charge in [0.2, 0.25) is 0 Å². The van der Waals surface area contributed by atoms with Crippen LogP contribution in [-0.4, -0.2) is 15.0 Å². The van der Waals surface area contributed by atoms with Crippen molar-refractivity contribution in [2.75, 3.05) is 5.32 Å². The lowest BCUT2D eigenvalue weighted by molar-refractivity contribution is 0.102. The molecule has 0 saturated heterocycles. The third kappa shape index (κ3) is 2.54. The van der Waals surface area contributed by atoms with Gasteiger partial charge in [0, 0.05) is 25.3 Å². The lowest BCUT2D eigenvalue weighted by atomic mass is 10.1. The van der Waals surface area contributed by atoms with Crippen LogP contribution in [0, 0.1) is 13.8 Å². The molecule has 0 spiro atoms. The van der Waals surface area contributed by atoms with E-state index in [9.17, 15) is 9.59 Å². The summed E-state index contributed by atoms with van der Waals surface area (Å²) in [5.41, 5.74) is 5.06. The molecule has 5 nitrogen and oxygen atoms in total. The average molecular weight is 309 g/mol. The minimum absolute atomic E-state index is 0.0855. The van der Waals surface area contributed by atoms with Gasteiger partial charge < -0.3 is 5.32 Å². The van der Waals surface area contributed by atoms with Crippen LogP contribution in [-0.2, 0) is 14.1 Å². The van der Waals surface area contributed by atoms with Gasteiger partial charge in [0.25, 0.3) is 5.91 Å². The normalized spacial score (nSPS) is 11.0. The highest BCUT2D eigenvalue weighted by molar-refractivity contribution is 6.05. The first-order valence-corrected chi connectivity index (χ1v) is 7.42. The molecule has 0 saturated carbocycles. The summed E-state index contributed by atoms with van der Waals surface area (Å²) in [6.45, 7) is 4.00. The summed E-state index contributed by atoms with van der Waals surface area (Å²) in [6, 6.07) is 11.1. The van der Waals surface area contributed by atoms with Crippen LogP contribution in [0.3, 0.4) is 0 Å². The number of aryl methyl sites for hydroxylation is 4. The van der Waals surface area contributed by atoms with Crippen molar-refractivity contribution in [1.29, 1.82) is 0 Å². The molecular formula is C18H19N3O2. The first kappa shape index (κ1) is 15.1. The number of carbonyl (C=O) groups excluding carboxylic acids is 1. The molecule has 0 aliphatic rings. The van der Waals surface area contributed by atoms with E-state index in [2.05, 4.69) is 5.32 Å². The van der Waals surface area contributed by atoms with E-state index in [-0.39, 0.29) is 11.6 Å². The van der Waals surface area contributed by atoms with E-state index >= 15 is 0 Å². The third-order valence-electron chi connectivity index (χ3n) is 4.30. The zero-order valence-electron chi connectivity index (χ0n) is 13.7. The summed E-state index contributed by atoms with van der Waals surface area (Å²) in [5, 5.41) is 2.89. The van der Waals surface area contributed by atoms with E-state index in [1.54, 1.807) is 29.3 Å². The summed E-state index contributed by atoms with van der Waals surface area (Å²) in [6.07, 6.45) is 0. The van der Waals surface area contributed by atoms with Gasteiger partial charge in [0.1, 0.15) is 0 Å². The minimum Gasteiger partial charge on any atom is -0.322 e. The smallest absolute Gasteiger partial charge is 0.322 e. The maximum Gasteiger partial charge on any atom is 0.328 e. The molecule has 1 heterocycles. The van der Waals surface area contributed by atoms with E-state index in [0.29, 0.717) is 11.3 Å². The lowest BCUT2D eigenvalue weighted by Crippen LogP contribution is -2.19. The molecule has 0 radical (unpaired) electrons. The van der Waals surface area contributed by atoms with Gasteiger partial charge in [-0.05, 0) is 55.3 Å². The Morgan fingerprint density at radius 3 is 2.30 bits per heavy atom. The Bertz CT molecular complexity index is 980. The van der Waals surface area contributed by atoms with E-state index < -0.39 is 0 Å². The summed E-state index contributed by atoms with van der Waals surface area (Å²) >= 11 is 0. The summed E-state index contributed by atoms with van der Waals surface area (Å²) < 4.78 is 3.16. The predicted molar refractivity (Wildman–Crippen MR) is 92.0 cm³/mol. The van der Waals surface area contributed by atoms with E-state index in [1.807, 2.05) is 44.2 Å². The fourth-order valence-corrected chi connectivity index (χ4v) is 2.67. The molecule has 118 valence electrons. The molecular weight excluding hydrogens is 290 g/mol. The second-order valence-electron chi connectivity index (χ2n) is 5.86. The summed E-state index contributed by atoms with van der Waals surface area (Å²) in [4.78, 5) is 24.3. The largest absolute Gasteiger partial charge is 0.328 e. The van der Waals surface area contributed by atoms with Crippen molar-refractivity contribution in [1.82, 2.24) is 9.13 Å². The second-order valence-corrected chi connectivity index (χ2v) is 5.86. The number of hydrogen-bond donors (Lipinski definition) is 1. The Labute approximate surface area is 134 Å². The zero-order valence-corrected chi connectivity index (χ0v) is 13.7. The first-order valence-electron chi connectivity index (χ1n) is 7.42. The molecule has 0 bridgehead atoms. The van der Waals surface area contributed by atoms with Crippen molar-refractivity contribution >= 4 is 22.6 Å².